The van der Waals surface area contributed by atoms with Crippen molar-refractivity contribution in [3.05, 3.63) is 59.2 Å². The number of likely N-dealkylation sites (N-methyl/N-ethyl adjacent to an activating group) is 1. The van der Waals surface area contributed by atoms with Crippen molar-refractivity contribution in [3.8, 4) is 5.75 Å². The lowest BCUT2D eigenvalue weighted by atomic mass is 9.85. The summed E-state index contributed by atoms with van der Waals surface area (Å²) >= 11 is 0. The van der Waals surface area contributed by atoms with Crippen molar-refractivity contribution in [2.75, 3.05) is 39.2 Å². The molecule has 0 radical (unpaired) electrons. The maximum Gasteiger partial charge on any atom is 0.416 e. The lowest BCUT2D eigenvalue weighted by Gasteiger charge is -2.30. The van der Waals surface area contributed by atoms with Crippen LogP contribution in [0.5, 0.6) is 5.75 Å². The number of hydrogen-bond donors (Lipinski definition) is 1. The van der Waals surface area contributed by atoms with Crippen molar-refractivity contribution in [3.63, 3.8) is 0 Å². The van der Waals surface area contributed by atoms with Gasteiger partial charge in [0.2, 0.25) is 11.8 Å². The highest BCUT2D eigenvalue weighted by atomic mass is 19.4. The molecule has 3 rings (SSSR count). The Kier molecular flexibility index (Phi) is 7.31. The molecule has 1 aliphatic heterocycles. The average Bonchev–Trinajstić information content (AvgIpc) is 2.86. The monoisotopic (exact) mass is 463 g/mol. The summed E-state index contributed by atoms with van der Waals surface area (Å²) in [5.74, 6) is -0.686. The highest BCUT2D eigenvalue weighted by Crippen LogP contribution is 2.39. The summed E-state index contributed by atoms with van der Waals surface area (Å²) in [7, 11) is 5.23. The van der Waals surface area contributed by atoms with Gasteiger partial charge in [0.25, 0.3) is 0 Å². The Morgan fingerprint density at radius 3 is 2.39 bits per heavy atom. The van der Waals surface area contributed by atoms with Crippen LogP contribution in [0, 0.1) is 0 Å². The summed E-state index contributed by atoms with van der Waals surface area (Å²) in [5.41, 5.74) is 0.792. The number of fused-ring (bicyclic) bond motifs is 1. The van der Waals surface area contributed by atoms with Crippen molar-refractivity contribution in [1.29, 1.82) is 0 Å². The molecule has 2 aromatic rings. The Morgan fingerprint density at radius 2 is 1.85 bits per heavy atom. The number of benzene rings is 2. The molecule has 1 heterocycles. The van der Waals surface area contributed by atoms with Gasteiger partial charge in [-0.3, -0.25) is 9.59 Å². The maximum absolute atomic E-state index is 13.7. The number of amides is 2. The average molecular weight is 464 g/mol. The van der Waals surface area contributed by atoms with Crippen LogP contribution in [0.15, 0.2) is 42.5 Å². The first-order chi connectivity index (χ1) is 15.5. The van der Waals surface area contributed by atoms with Gasteiger partial charge in [0, 0.05) is 31.6 Å². The minimum atomic E-state index is -4.51. The van der Waals surface area contributed by atoms with Crippen LogP contribution in [0.25, 0.3) is 0 Å². The SMILES string of the molecule is COc1ccc([C@@H]2Cc3cc(C(F)(F)F)ccc3N(CCN(C)C)C(=O)[C@@H]2NC(C)=O)cc1. The Balaban J connectivity index is 2.15. The van der Waals surface area contributed by atoms with Crippen molar-refractivity contribution in [1.82, 2.24) is 10.2 Å². The standard InChI is InChI=1S/C24H28F3N3O3/c1-15(31)28-22-20(16-5-8-19(33-4)9-6-16)14-17-13-18(24(25,26)27)7-10-21(17)30(23(22)32)12-11-29(2)3/h5-10,13,20,22H,11-12,14H2,1-4H3,(H,28,31)/t20-,22+/m0/s1. The summed E-state index contributed by atoms with van der Waals surface area (Å²) in [6.07, 6.45) is -4.35. The molecule has 0 unspecified atom stereocenters. The van der Waals surface area contributed by atoms with Gasteiger partial charge in [0.05, 0.1) is 12.7 Å². The first-order valence-electron chi connectivity index (χ1n) is 10.6. The molecule has 0 aromatic heterocycles. The van der Waals surface area contributed by atoms with Gasteiger partial charge in [-0.15, -0.1) is 0 Å². The molecule has 9 heteroatoms. The predicted molar refractivity (Wildman–Crippen MR) is 119 cm³/mol. The second kappa shape index (κ2) is 9.82. The normalized spacial score (nSPS) is 18.7. The molecule has 178 valence electrons. The molecular formula is C24H28F3N3O3. The van der Waals surface area contributed by atoms with Crippen molar-refractivity contribution in [2.45, 2.75) is 31.5 Å². The Bertz CT molecular complexity index is 1010. The Labute approximate surface area is 191 Å². The van der Waals surface area contributed by atoms with E-state index in [2.05, 4.69) is 5.32 Å². The molecule has 0 spiro atoms. The molecule has 0 bridgehead atoms. The summed E-state index contributed by atoms with van der Waals surface area (Å²) in [4.78, 5) is 29.1. The number of carbonyl (C=O) groups excluding carboxylic acids is 2. The number of alkyl halides is 3. The molecule has 0 fully saturated rings. The quantitative estimate of drug-likeness (QED) is 0.713. The molecule has 1 aliphatic rings. The van der Waals surface area contributed by atoms with Crippen LogP contribution in [0.2, 0.25) is 0 Å². The van der Waals surface area contributed by atoms with Gasteiger partial charge in [-0.2, -0.15) is 13.2 Å². The number of anilines is 1. The van der Waals surface area contributed by atoms with E-state index in [1.807, 2.05) is 19.0 Å². The minimum Gasteiger partial charge on any atom is -0.497 e. The van der Waals surface area contributed by atoms with Gasteiger partial charge in [0.15, 0.2) is 0 Å². The van der Waals surface area contributed by atoms with Crippen molar-refractivity contribution in [2.24, 2.45) is 0 Å². The highest BCUT2D eigenvalue weighted by Gasteiger charge is 2.40. The van der Waals surface area contributed by atoms with Gasteiger partial charge >= 0.3 is 6.18 Å². The molecule has 1 N–H and O–H groups in total. The van der Waals surface area contributed by atoms with Crippen LogP contribution in [0.3, 0.4) is 0 Å². The number of ether oxygens (including phenoxy) is 1. The molecule has 33 heavy (non-hydrogen) atoms. The third kappa shape index (κ3) is 5.65. The van der Waals surface area contributed by atoms with Gasteiger partial charge in [-0.1, -0.05) is 12.1 Å². The third-order valence-corrected chi connectivity index (χ3v) is 5.75. The first-order valence-corrected chi connectivity index (χ1v) is 10.6. The number of rotatable bonds is 6. The van der Waals surface area contributed by atoms with Gasteiger partial charge in [0.1, 0.15) is 11.8 Å². The number of halogens is 3. The highest BCUT2D eigenvalue weighted by molar-refractivity contribution is 6.01. The third-order valence-electron chi connectivity index (χ3n) is 5.75. The van der Waals surface area contributed by atoms with E-state index in [-0.39, 0.29) is 24.8 Å². The summed E-state index contributed by atoms with van der Waals surface area (Å²) in [5, 5.41) is 2.75. The van der Waals surface area contributed by atoms with Crippen molar-refractivity contribution < 1.29 is 27.5 Å². The zero-order valence-electron chi connectivity index (χ0n) is 19.1. The molecule has 2 aromatic carbocycles. The molecule has 6 nitrogen and oxygen atoms in total. The van der Waals surface area contributed by atoms with E-state index < -0.39 is 23.7 Å². The van der Waals surface area contributed by atoms with Gasteiger partial charge in [-0.05, 0) is 62.0 Å². The van der Waals surface area contributed by atoms with Gasteiger partial charge < -0.3 is 19.9 Å². The maximum atomic E-state index is 13.7. The fraction of sp³-hybridized carbons (Fsp3) is 0.417. The Hall–Kier alpha value is -3.07. The largest absolute Gasteiger partial charge is 0.497 e. The predicted octanol–water partition coefficient (Wildman–Crippen LogP) is 3.45. The zero-order valence-corrected chi connectivity index (χ0v) is 19.1. The van der Waals surface area contributed by atoms with Crippen molar-refractivity contribution >= 4 is 17.5 Å². The second-order valence-corrected chi connectivity index (χ2v) is 8.40. The van der Waals surface area contributed by atoms with Crippen LogP contribution in [-0.4, -0.2) is 57.1 Å². The molecule has 2 atom stereocenters. The fourth-order valence-electron chi connectivity index (χ4n) is 4.08. The number of nitrogens with zero attached hydrogens (tertiary/aromatic N) is 2. The lowest BCUT2D eigenvalue weighted by molar-refractivity contribution is -0.137. The van der Waals surface area contributed by atoms with E-state index in [1.165, 1.54) is 25.0 Å². The summed E-state index contributed by atoms with van der Waals surface area (Å²) < 4.78 is 45.6. The molecule has 0 saturated heterocycles. The van der Waals surface area contributed by atoms with Gasteiger partial charge in [-0.25, -0.2) is 0 Å². The number of methoxy groups -OCH3 is 1. The summed E-state index contributed by atoms with van der Waals surface area (Å²) in [6, 6.07) is 9.53. The van der Waals surface area contributed by atoms with Crippen LogP contribution in [0.4, 0.5) is 18.9 Å². The molecule has 2 amide bonds. The topological polar surface area (TPSA) is 61.9 Å². The molecule has 0 saturated carbocycles. The van der Waals surface area contributed by atoms with E-state index in [0.29, 0.717) is 23.5 Å². The number of carbonyl (C=O) groups is 2. The van der Waals surface area contributed by atoms with E-state index >= 15 is 0 Å². The zero-order chi connectivity index (χ0) is 24.3. The van der Waals surface area contributed by atoms with Crippen LogP contribution < -0.4 is 15.0 Å². The van der Waals surface area contributed by atoms with Crippen LogP contribution in [0.1, 0.15) is 29.5 Å². The summed E-state index contributed by atoms with van der Waals surface area (Å²) in [6.45, 7) is 2.10. The first kappa shape index (κ1) is 24.6. The van der Waals surface area contributed by atoms with E-state index in [0.717, 1.165) is 17.7 Å². The smallest absolute Gasteiger partial charge is 0.416 e. The minimum absolute atomic E-state index is 0.154. The second-order valence-electron chi connectivity index (χ2n) is 8.40. The van der Waals surface area contributed by atoms with Crippen LogP contribution in [-0.2, 0) is 22.2 Å². The van der Waals surface area contributed by atoms with Crippen LogP contribution >= 0.6 is 0 Å². The lowest BCUT2D eigenvalue weighted by Crippen LogP contribution is -2.51. The fourth-order valence-corrected chi connectivity index (χ4v) is 4.08. The van der Waals surface area contributed by atoms with E-state index in [4.69, 9.17) is 4.74 Å². The number of nitrogens with one attached hydrogen (secondary N) is 1. The Morgan fingerprint density at radius 1 is 1.18 bits per heavy atom. The van der Waals surface area contributed by atoms with E-state index in [9.17, 15) is 22.8 Å². The molecular weight excluding hydrogens is 435 g/mol. The number of hydrogen-bond acceptors (Lipinski definition) is 4. The molecule has 0 aliphatic carbocycles. The van der Waals surface area contributed by atoms with E-state index in [1.54, 1.807) is 24.3 Å².